The van der Waals surface area contributed by atoms with Gasteiger partial charge in [-0.05, 0) is 49.7 Å². The van der Waals surface area contributed by atoms with Crippen LogP contribution >= 0.6 is 0 Å². The molecule has 1 fully saturated rings. The van der Waals surface area contributed by atoms with E-state index in [0.717, 1.165) is 6.42 Å². The molecule has 0 saturated carbocycles. The van der Waals surface area contributed by atoms with Crippen LogP contribution in [0.3, 0.4) is 0 Å². The molecule has 176 valence electrons. The van der Waals surface area contributed by atoms with Crippen LogP contribution in [0.5, 0.6) is 5.75 Å². The number of fused-ring (bicyclic) bond motifs is 1. The average molecular weight is 471 g/mol. The van der Waals surface area contributed by atoms with Crippen LogP contribution in [0.25, 0.3) is 10.9 Å². The maximum Gasteiger partial charge on any atom is 0.261 e. The van der Waals surface area contributed by atoms with E-state index in [9.17, 15) is 13.2 Å². The van der Waals surface area contributed by atoms with Crippen molar-refractivity contribution in [1.82, 2.24) is 18.8 Å². The van der Waals surface area contributed by atoms with Crippen LogP contribution in [-0.4, -0.2) is 60.0 Å². The molecule has 4 rings (SSSR count). The molecular formula is C24H30N4O4S. The number of para-hydroxylation sites is 1. The molecule has 0 amide bonds. The predicted molar refractivity (Wildman–Crippen MR) is 128 cm³/mol. The summed E-state index contributed by atoms with van der Waals surface area (Å²) in [5.41, 5.74) is 0.616. The Morgan fingerprint density at radius 3 is 2.45 bits per heavy atom. The van der Waals surface area contributed by atoms with Crippen molar-refractivity contribution in [3.8, 4) is 5.75 Å². The van der Waals surface area contributed by atoms with Crippen molar-refractivity contribution in [2.75, 3.05) is 26.7 Å². The van der Waals surface area contributed by atoms with Crippen molar-refractivity contribution < 1.29 is 13.2 Å². The fourth-order valence-electron chi connectivity index (χ4n) is 4.63. The molecule has 33 heavy (non-hydrogen) atoms. The van der Waals surface area contributed by atoms with Crippen molar-refractivity contribution in [3.63, 3.8) is 0 Å². The van der Waals surface area contributed by atoms with E-state index in [1.165, 1.54) is 0 Å². The Morgan fingerprint density at radius 1 is 1.12 bits per heavy atom. The number of nitrogens with zero attached hydrogens (tertiary/aromatic N) is 4. The predicted octanol–water partition coefficient (Wildman–Crippen LogP) is 2.79. The van der Waals surface area contributed by atoms with E-state index in [2.05, 4.69) is 11.8 Å². The van der Waals surface area contributed by atoms with Crippen molar-refractivity contribution >= 4 is 20.9 Å². The molecule has 2 unspecified atom stereocenters. The van der Waals surface area contributed by atoms with Gasteiger partial charge in [-0.2, -0.15) is 4.31 Å². The van der Waals surface area contributed by atoms with Gasteiger partial charge in [0.2, 0.25) is 10.0 Å². The number of aromatic nitrogens is 2. The van der Waals surface area contributed by atoms with Crippen molar-refractivity contribution in [2.24, 2.45) is 7.05 Å². The Kier molecular flexibility index (Phi) is 6.56. The molecule has 1 aliphatic rings. The minimum Gasteiger partial charge on any atom is -0.497 e. The highest BCUT2D eigenvalue weighted by atomic mass is 32.2. The highest BCUT2D eigenvalue weighted by Gasteiger charge is 2.36. The summed E-state index contributed by atoms with van der Waals surface area (Å²) < 4.78 is 34.9. The van der Waals surface area contributed by atoms with Crippen LogP contribution in [0.2, 0.25) is 0 Å². The number of hydrogen-bond donors (Lipinski definition) is 0. The Bertz CT molecular complexity index is 1300. The SMILES string of the molecule is CCC(c1nc2ccccc2c(=O)n1C)N1CCN(S(=O)(=O)c2ccc(OC)cc2)C(C)C1. The third kappa shape index (κ3) is 4.28. The van der Waals surface area contributed by atoms with Crippen LogP contribution in [-0.2, 0) is 17.1 Å². The first-order valence-electron chi connectivity index (χ1n) is 11.1. The largest absolute Gasteiger partial charge is 0.497 e. The Hall–Kier alpha value is -2.75. The molecule has 1 aliphatic heterocycles. The van der Waals surface area contributed by atoms with Gasteiger partial charge >= 0.3 is 0 Å². The number of rotatable bonds is 6. The van der Waals surface area contributed by atoms with Gasteiger partial charge in [0, 0.05) is 32.7 Å². The maximum absolute atomic E-state index is 13.3. The van der Waals surface area contributed by atoms with Crippen molar-refractivity contribution in [2.45, 2.75) is 37.2 Å². The third-order valence-electron chi connectivity index (χ3n) is 6.41. The molecule has 1 saturated heterocycles. The lowest BCUT2D eigenvalue weighted by Crippen LogP contribution is -2.54. The van der Waals surface area contributed by atoms with Gasteiger partial charge in [-0.25, -0.2) is 13.4 Å². The molecule has 0 N–H and O–H groups in total. The first-order chi connectivity index (χ1) is 15.8. The summed E-state index contributed by atoms with van der Waals surface area (Å²) in [6.45, 7) is 5.47. The molecule has 1 aromatic heterocycles. The summed E-state index contributed by atoms with van der Waals surface area (Å²) in [5.74, 6) is 1.32. The van der Waals surface area contributed by atoms with Gasteiger partial charge in [-0.3, -0.25) is 14.3 Å². The quantitative estimate of drug-likeness (QED) is 0.551. The third-order valence-corrected chi connectivity index (χ3v) is 8.44. The highest BCUT2D eigenvalue weighted by molar-refractivity contribution is 7.89. The molecule has 0 radical (unpaired) electrons. The first kappa shape index (κ1) is 23.4. The van der Waals surface area contributed by atoms with E-state index < -0.39 is 10.0 Å². The van der Waals surface area contributed by atoms with Crippen LogP contribution in [0, 0.1) is 0 Å². The second-order valence-electron chi connectivity index (χ2n) is 8.41. The van der Waals surface area contributed by atoms with E-state index in [0.29, 0.717) is 42.1 Å². The van der Waals surface area contributed by atoms with Gasteiger partial charge in [-0.1, -0.05) is 19.1 Å². The standard InChI is InChI=1S/C24H30N4O4S/c1-5-22(23-25-21-9-7-6-8-20(21)24(29)26(23)3)27-14-15-28(17(2)16-27)33(30,31)19-12-10-18(32-4)11-13-19/h6-13,17,22H,5,14-16H2,1-4H3. The van der Waals surface area contributed by atoms with Gasteiger partial charge in [0.25, 0.3) is 5.56 Å². The second-order valence-corrected chi connectivity index (χ2v) is 10.3. The van der Waals surface area contributed by atoms with E-state index in [4.69, 9.17) is 9.72 Å². The van der Waals surface area contributed by atoms with Crippen molar-refractivity contribution in [3.05, 3.63) is 64.7 Å². The number of methoxy groups -OCH3 is 1. The number of piperazine rings is 1. The molecule has 9 heteroatoms. The average Bonchev–Trinajstić information content (AvgIpc) is 2.82. The second kappa shape index (κ2) is 9.24. The fraction of sp³-hybridized carbons (Fsp3) is 0.417. The Balaban J connectivity index is 1.59. The van der Waals surface area contributed by atoms with Gasteiger partial charge < -0.3 is 4.74 Å². The molecule has 3 aromatic rings. The molecule has 2 atom stereocenters. The lowest BCUT2D eigenvalue weighted by molar-refractivity contribution is 0.0938. The molecule has 0 spiro atoms. The van der Waals surface area contributed by atoms with Crippen LogP contribution in [0.1, 0.15) is 32.1 Å². The topological polar surface area (TPSA) is 84.7 Å². The summed E-state index contributed by atoms with van der Waals surface area (Å²) in [4.78, 5) is 20.2. The summed E-state index contributed by atoms with van der Waals surface area (Å²) in [6.07, 6.45) is 0.760. The molecule has 2 aromatic carbocycles. The number of sulfonamides is 1. The van der Waals surface area contributed by atoms with E-state index in [-0.39, 0.29) is 22.5 Å². The van der Waals surface area contributed by atoms with Crippen molar-refractivity contribution in [1.29, 1.82) is 0 Å². The zero-order chi connectivity index (χ0) is 23.8. The number of hydrogen-bond acceptors (Lipinski definition) is 6. The smallest absolute Gasteiger partial charge is 0.261 e. The lowest BCUT2D eigenvalue weighted by Gasteiger charge is -2.42. The summed E-state index contributed by atoms with van der Waals surface area (Å²) in [6, 6.07) is 13.5. The van der Waals surface area contributed by atoms with Gasteiger partial charge in [0.05, 0.1) is 29.0 Å². The monoisotopic (exact) mass is 470 g/mol. The number of benzene rings is 2. The first-order valence-corrected chi connectivity index (χ1v) is 12.6. The van der Waals surface area contributed by atoms with Gasteiger partial charge in [0.1, 0.15) is 11.6 Å². The zero-order valence-electron chi connectivity index (χ0n) is 19.4. The van der Waals surface area contributed by atoms with E-state index >= 15 is 0 Å². The van der Waals surface area contributed by atoms with Gasteiger partial charge in [-0.15, -0.1) is 0 Å². The Morgan fingerprint density at radius 2 is 1.82 bits per heavy atom. The normalized spacial score (nSPS) is 19.0. The number of ether oxygens (including phenoxy) is 1. The fourth-order valence-corrected chi connectivity index (χ4v) is 6.24. The van der Waals surface area contributed by atoms with Gasteiger partial charge in [0.15, 0.2) is 0 Å². The molecule has 8 nitrogen and oxygen atoms in total. The van der Waals surface area contributed by atoms with E-state index in [1.54, 1.807) is 53.4 Å². The van der Waals surface area contributed by atoms with Crippen LogP contribution in [0.15, 0.2) is 58.2 Å². The zero-order valence-corrected chi connectivity index (χ0v) is 20.2. The summed E-state index contributed by atoms with van der Waals surface area (Å²) in [7, 11) is -0.312. The van der Waals surface area contributed by atoms with Crippen LogP contribution < -0.4 is 10.3 Å². The molecule has 0 bridgehead atoms. The summed E-state index contributed by atoms with van der Waals surface area (Å²) in [5, 5.41) is 0.599. The lowest BCUT2D eigenvalue weighted by atomic mass is 10.1. The summed E-state index contributed by atoms with van der Waals surface area (Å²) >= 11 is 0. The van der Waals surface area contributed by atoms with E-state index in [1.807, 2.05) is 25.1 Å². The molecule has 0 aliphatic carbocycles. The highest BCUT2D eigenvalue weighted by Crippen LogP contribution is 2.29. The maximum atomic E-state index is 13.3. The molecular weight excluding hydrogens is 440 g/mol. The minimum atomic E-state index is -3.62. The van der Waals surface area contributed by atoms with Crippen LogP contribution in [0.4, 0.5) is 0 Å². The molecule has 2 heterocycles. The minimum absolute atomic E-state index is 0.0668. The Labute approximate surface area is 194 Å².